The first-order valence-corrected chi connectivity index (χ1v) is 9.43. The highest BCUT2D eigenvalue weighted by Crippen LogP contribution is 2.24. The molecule has 0 saturated heterocycles. The Bertz CT molecular complexity index is 1030. The maximum Gasteiger partial charge on any atom is 0.321 e. The minimum atomic E-state index is -0.329. The second-order valence-corrected chi connectivity index (χ2v) is 6.93. The molecule has 0 radical (unpaired) electrons. The molecule has 3 aromatic heterocycles. The van der Waals surface area contributed by atoms with Crippen molar-refractivity contribution in [1.82, 2.24) is 30.3 Å². The van der Waals surface area contributed by atoms with Gasteiger partial charge in [0.15, 0.2) is 5.01 Å². The summed E-state index contributed by atoms with van der Waals surface area (Å²) in [7, 11) is 0. The molecule has 0 spiro atoms. The molecule has 28 heavy (non-hydrogen) atoms. The third-order valence-electron chi connectivity index (χ3n) is 3.91. The van der Waals surface area contributed by atoms with Crippen LogP contribution in [0.1, 0.15) is 11.1 Å². The van der Waals surface area contributed by atoms with Crippen molar-refractivity contribution in [1.29, 1.82) is 0 Å². The summed E-state index contributed by atoms with van der Waals surface area (Å²) in [6, 6.07) is 15.2. The van der Waals surface area contributed by atoms with E-state index in [4.69, 9.17) is 0 Å². The first kappa shape index (κ1) is 17.8. The maximum absolute atomic E-state index is 12.1. The van der Waals surface area contributed by atoms with E-state index >= 15 is 0 Å². The number of benzene rings is 1. The van der Waals surface area contributed by atoms with Crippen LogP contribution in [-0.4, -0.2) is 31.0 Å². The lowest BCUT2D eigenvalue weighted by Gasteiger charge is -2.07. The number of urea groups is 1. The van der Waals surface area contributed by atoms with E-state index in [1.165, 1.54) is 11.3 Å². The summed E-state index contributed by atoms with van der Waals surface area (Å²) >= 11 is 1.27. The highest BCUT2D eigenvalue weighted by molar-refractivity contribution is 7.18. The van der Waals surface area contributed by atoms with E-state index < -0.39 is 0 Å². The van der Waals surface area contributed by atoms with Crippen LogP contribution >= 0.6 is 11.3 Å². The summed E-state index contributed by atoms with van der Waals surface area (Å²) in [6.45, 7) is 1.14. The summed E-state index contributed by atoms with van der Waals surface area (Å²) in [5.74, 6) is 0. The predicted molar refractivity (Wildman–Crippen MR) is 107 cm³/mol. The zero-order valence-corrected chi connectivity index (χ0v) is 15.6. The first-order valence-electron chi connectivity index (χ1n) is 8.61. The molecule has 0 unspecified atom stereocenters. The third kappa shape index (κ3) is 4.57. The number of rotatable bonds is 6. The Morgan fingerprint density at radius 2 is 1.86 bits per heavy atom. The van der Waals surface area contributed by atoms with Crippen molar-refractivity contribution >= 4 is 22.5 Å². The van der Waals surface area contributed by atoms with Crippen LogP contribution in [0.25, 0.3) is 10.7 Å². The van der Waals surface area contributed by atoms with Gasteiger partial charge in [-0.2, -0.15) is 5.10 Å². The van der Waals surface area contributed by atoms with Crippen LogP contribution in [-0.2, 0) is 13.1 Å². The Kier molecular flexibility index (Phi) is 5.34. The molecule has 0 bridgehead atoms. The standard InChI is InChI=1S/C19H17N7OS/c27-18(23-19-25-24-17(28-19)16-4-1-2-9-20-16)21-12-14-5-7-15(8-6-14)13-26-11-3-10-22-26/h1-11H,12-13H2,(H2,21,23,25,27). The van der Waals surface area contributed by atoms with Crippen molar-refractivity contribution < 1.29 is 4.79 Å². The van der Waals surface area contributed by atoms with E-state index in [9.17, 15) is 4.79 Å². The molecule has 2 amide bonds. The Balaban J connectivity index is 1.28. The van der Waals surface area contributed by atoms with Crippen LogP contribution in [0.4, 0.5) is 9.93 Å². The molecule has 9 heteroatoms. The number of carbonyl (C=O) groups is 1. The van der Waals surface area contributed by atoms with Crippen LogP contribution in [0.3, 0.4) is 0 Å². The van der Waals surface area contributed by atoms with E-state index in [-0.39, 0.29) is 6.03 Å². The van der Waals surface area contributed by atoms with E-state index in [0.717, 1.165) is 23.4 Å². The summed E-state index contributed by atoms with van der Waals surface area (Å²) in [6.07, 6.45) is 5.37. The molecule has 1 aromatic carbocycles. The second-order valence-electron chi connectivity index (χ2n) is 5.96. The monoisotopic (exact) mass is 391 g/mol. The Morgan fingerprint density at radius 3 is 2.61 bits per heavy atom. The van der Waals surface area contributed by atoms with Gasteiger partial charge in [0.25, 0.3) is 0 Å². The fourth-order valence-corrected chi connectivity index (χ4v) is 3.25. The molecule has 0 atom stereocenters. The topological polar surface area (TPSA) is 97.6 Å². The van der Waals surface area contributed by atoms with Gasteiger partial charge in [0.1, 0.15) is 5.69 Å². The molecule has 140 valence electrons. The predicted octanol–water partition coefficient (Wildman–Crippen LogP) is 3.17. The number of nitrogens with zero attached hydrogens (tertiary/aromatic N) is 5. The molecule has 0 fully saturated rings. The van der Waals surface area contributed by atoms with E-state index in [2.05, 4.69) is 30.9 Å². The number of pyridine rings is 1. The van der Waals surface area contributed by atoms with Gasteiger partial charge in [-0.1, -0.05) is 41.7 Å². The zero-order valence-electron chi connectivity index (χ0n) is 14.8. The highest BCUT2D eigenvalue weighted by atomic mass is 32.1. The van der Waals surface area contributed by atoms with Gasteiger partial charge in [0, 0.05) is 25.1 Å². The molecule has 0 aliphatic carbocycles. The number of hydrogen-bond donors (Lipinski definition) is 2. The van der Waals surface area contributed by atoms with Crippen molar-refractivity contribution in [3.05, 3.63) is 78.2 Å². The summed E-state index contributed by atoms with van der Waals surface area (Å²) in [5.41, 5.74) is 2.88. The number of aromatic nitrogens is 5. The molecule has 2 N–H and O–H groups in total. The normalized spacial score (nSPS) is 10.6. The third-order valence-corrected chi connectivity index (χ3v) is 4.77. The van der Waals surface area contributed by atoms with Gasteiger partial charge < -0.3 is 5.32 Å². The molecule has 0 saturated carbocycles. The SMILES string of the molecule is O=C(NCc1ccc(Cn2cccn2)cc1)Nc1nnc(-c2ccccn2)s1. The van der Waals surface area contributed by atoms with Gasteiger partial charge in [-0.15, -0.1) is 10.2 Å². The molecule has 4 rings (SSSR count). The van der Waals surface area contributed by atoms with Crippen molar-refractivity contribution in [2.45, 2.75) is 13.1 Å². The molecule has 8 nitrogen and oxygen atoms in total. The molecule has 0 aliphatic rings. The van der Waals surface area contributed by atoms with Gasteiger partial charge >= 0.3 is 6.03 Å². The van der Waals surface area contributed by atoms with Gasteiger partial charge in [0.2, 0.25) is 5.13 Å². The molecule has 4 aromatic rings. The lowest BCUT2D eigenvalue weighted by atomic mass is 10.1. The number of carbonyl (C=O) groups excluding carboxylic acids is 1. The van der Waals surface area contributed by atoms with Crippen LogP contribution in [0.5, 0.6) is 0 Å². The maximum atomic E-state index is 12.1. The van der Waals surface area contributed by atoms with Crippen molar-refractivity contribution in [3.8, 4) is 10.7 Å². The highest BCUT2D eigenvalue weighted by Gasteiger charge is 2.10. The quantitative estimate of drug-likeness (QED) is 0.526. The van der Waals surface area contributed by atoms with E-state index in [0.29, 0.717) is 16.7 Å². The van der Waals surface area contributed by atoms with E-state index in [1.54, 1.807) is 12.4 Å². The Morgan fingerprint density at radius 1 is 1.00 bits per heavy atom. The molecular formula is C19H17N7OS. The minimum absolute atomic E-state index is 0.329. The Hall–Kier alpha value is -3.59. The second kappa shape index (κ2) is 8.40. The Labute approximate surface area is 165 Å². The number of amides is 2. The number of hydrogen-bond acceptors (Lipinski definition) is 6. The van der Waals surface area contributed by atoms with Gasteiger partial charge in [-0.3, -0.25) is 15.0 Å². The van der Waals surface area contributed by atoms with Crippen LogP contribution < -0.4 is 10.6 Å². The zero-order chi connectivity index (χ0) is 19.2. The fourth-order valence-electron chi connectivity index (χ4n) is 2.53. The number of anilines is 1. The smallest absolute Gasteiger partial charge is 0.321 e. The molecule has 3 heterocycles. The minimum Gasteiger partial charge on any atom is -0.334 e. The van der Waals surface area contributed by atoms with Crippen LogP contribution in [0.15, 0.2) is 67.1 Å². The summed E-state index contributed by atoms with van der Waals surface area (Å²) in [4.78, 5) is 16.3. The lowest BCUT2D eigenvalue weighted by Crippen LogP contribution is -2.28. The van der Waals surface area contributed by atoms with Gasteiger partial charge in [0.05, 0.1) is 6.54 Å². The van der Waals surface area contributed by atoms with Gasteiger partial charge in [-0.25, -0.2) is 4.79 Å². The summed E-state index contributed by atoms with van der Waals surface area (Å²) < 4.78 is 1.86. The first-order chi connectivity index (χ1) is 13.8. The van der Waals surface area contributed by atoms with E-state index in [1.807, 2.05) is 59.4 Å². The molecule has 0 aliphatic heterocycles. The average molecular weight is 391 g/mol. The number of nitrogens with one attached hydrogen (secondary N) is 2. The summed E-state index contributed by atoms with van der Waals surface area (Å²) in [5, 5.41) is 18.8. The van der Waals surface area contributed by atoms with Crippen LogP contribution in [0, 0.1) is 0 Å². The van der Waals surface area contributed by atoms with Gasteiger partial charge in [-0.05, 0) is 29.3 Å². The average Bonchev–Trinajstić information content (AvgIpc) is 3.40. The molecular weight excluding hydrogens is 374 g/mol. The fraction of sp³-hybridized carbons (Fsp3) is 0.105. The van der Waals surface area contributed by atoms with Crippen molar-refractivity contribution in [2.24, 2.45) is 0 Å². The van der Waals surface area contributed by atoms with Crippen molar-refractivity contribution in [3.63, 3.8) is 0 Å². The van der Waals surface area contributed by atoms with Crippen LogP contribution in [0.2, 0.25) is 0 Å². The van der Waals surface area contributed by atoms with Crippen molar-refractivity contribution in [2.75, 3.05) is 5.32 Å². The lowest BCUT2D eigenvalue weighted by molar-refractivity contribution is 0.251. The largest absolute Gasteiger partial charge is 0.334 e.